The number of anilines is 1. The minimum atomic E-state index is -0.286. The lowest BCUT2D eigenvalue weighted by Gasteiger charge is -2.19. The highest BCUT2D eigenvalue weighted by Crippen LogP contribution is 2.21. The Morgan fingerprint density at radius 2 is 1.71 bits per heavy atom. The summed E-state index contributed by atoms with van der Waals surface area (Å²) in [6, 6.07) is 14.2. The predicted molar refractivity (Wildman–Crippen MR) is 120 cm³/mol. The quantitative estimate of drug-likeness (QED) is 0.534. The Kier molecular flexibility index (Phi) is 7.07. The topological polar surface area (TPSA) is 80.6 Å². The van der Waals surface area contributed by atoms with Crippen molar-refractivity contribution in [3.05, 3.63) is 60.3 Å². The Balaban J connectivity index is 1.60. The van der Waals surface area contributed by atoms with Gasteiger partial charge in [0.25, 0.3) is 5.91 Å². The molecule has 1 heterocycles. The minimum Gasteiger partial charge on any atom is -0.484 e. The zero-order valence-corrected chi connectivity index (χ0v) is 18.1. The number of ether oxygens (including phenoxy) is 1. The minimum absolute atomic E-state index is 0.0223. The van der Waals surface area contributed by atoms with Crippen molar-refractivity contribution in [1.82, 2.24) is 9.47 Å². The van der Waals surface area contributed by atoms with Crippen LogP contribution < -0.4 is 10.1 Å². The van der Waals surface area contributed by atoms with Crippen LogP contribution in [-0.4, -0.2) is 46.8 Å². The number of hydrogen-bond acceptors (Lipinski definition) is 4. The second-order valence-electron chi connectivity index (χ2n) is 7.20. The molecule has 31 heavy (non-hydrogen) atoms. The summed E-state index contributed by atoms with van der Waals surface area (Å²) in [6.07, 6.45) is 1.88. The summed E-state index contributed by atoms with van der Waals surface area (Å²) < 4.78 is 7.40. The van der Waals surface area contributed by atoms with Crippen LogP contribution in [-0.2, 0) is 16.1 Å². The van der Waals surface area contributed by atoms with Gasteiger partial charge in [-0.1, -0.05) is 0 Å². The first-order valence-electron chi connectivity index (χ1n) is 10.3. The van der Waals surface area contributed by atoms with Crippen molar-refractivity contribution >= 4 is 34.2 Å². The molecule has 0 aliphatic carbocycles. The van der Waals surface area contributed by atoms with Crippen molar-refractivity contribution in [3.8, 4) is 5.75 Å². The molecule has 0 saturated carbocycles. The van der Waals surface area contributed by atoms with Gasteiger partial charge in [0, 0.05) is 41.4 Å². The number of nitrogens with one attached hydrogen (secondary N) is 1. The van der Waals surface area contributed by atoms with E-state index in [-0.39, 0.29) is 30.7 Å². The smallest absolute Gasteiger partial charge is 0.262 e. The Hall–Kier alpha value is -3.61. The molecule has 3 aromatic rings. The van der Waals surface area contributed by atoms with Crippen LogP contribution in [0.1, 0.15) is 31.1 Å². The second kappa shape index (κ2) is 9.93. The summed E-state index contributed by atoms with van der Waals surface area (Å²) in [4.78, 5) is 37.7. The van der Waals surface area contributed by atoms with Gasteiger partial charge in [-0.15, -0.1) is 0 Å². The molecule has 0 atom stereocenters. The zero-order valence-electron chi connectivity index (χ0n) is 18.1. The van der Waals surface area contributed by atoms with E-state index < -0.39 is 0 Å². The first kappa shape index (κ1) is 22.1. The zero-order chi connectivity index (χ0) is 22.4. The van der Waals surface area contributed by atoms with E-state index in [2.05, 4.69) is 5.32 Å². The first-order valence-corrected chi connectivity index (χ1v) is 10.3. The number of carbonyl (C=O) groups excluding carboxylic acids is 3. The molecule has 0 radical (unpaired) electrons. The predicted octanol–water partition coefficient (Wildman–Crippen LogP) is 3.73. The monoisotopic (exact) mass is 421 g/mol. The van der Waals surface area contributed by atoms with Crippen LogP contribution in [0.25, 0.3) is 10.9 Å². The fourth-order valence-electron chi connectivity index (χ4n) is 3.37. The number of rotatable bonds is 9. The molecule has 0 saturated heterocycles. The number of carbonyl (C=O) groups is 3. The molecular weight excluding hydrogens is 394 g/mol. The van der Waals surface area contributed by atoms with Crippen LogP contribution in [0.15, 0.2) is 54.7 Å². The maximum atomic E-state index is 12.4. The molecule has 1 aromatic heterocycles. The molecule has 0 bridgehead atoms. The van der Waals surface area contributed by atoms with Crippen molar-refractivity contribution < 1.29 is 19.1 Å². The van der Waals surface area contributed by atoms with E-state index in [0.29, 0.717) is 30.1 Å². The number of aromatic nitrogens is 1. The SMILES string of the molecule is CCN(CC)C(=O)Cn1ccc2cc(NC(=O)COc3ccc(C(C)=O)cc3)ccc21. The van der Waals surface area contributed by atoms with Crippen LogP contribution in [0, 0.1) is 0 Å². The number of benzene rings is 2. The summed E-state index contributed by atoms with van der Waals surface area (Å²) in [6.45, 7) is 6.95. The van der Waals surface area contributed by atoms with Gasteiger partial charge in [-0.2, -0.15) is 0 Å². The number of hydrogen-bond donors (Lipinski definition) is 1. The van der Waals surface area contributed by atoms with E-state index in [9.17, 15) is 14.4 Å². The maximum Gasteiger partial charge on any atom is 0.262 e. The molecule has 1 N–H and O–H groups in total. The Morgan fingerprint density at radius 1 is 1.00 bits per heavy atom. The average Bonchev–Trinajstić information content (AvgIpc) is 3.15. The van der Waals surface area contributed by atoms with E-state index >= 15 is 0 Å². The average molecular weight is 421 g/mol. The van der Waals surface area contributed by atoms with Crippen LogP contribution in [0.5, 0.6) is 5.75 Å². The molecule has 2 aromatic carbocycles. The van der Waals surface area contributed by atoms with Gasteiger partial charge < -0.3 is 19.5 Å². The highest BCUT2D eigenvalue weighted by atomic mass is 16.5. The van der Waals surface area contributed by atoms with E-state index in [1.165, 1.54) is 6.92 Å². The fraction of sp³-hybridized carbons (Fsp3) is 0.292. The molecule has 162 valence electrons. The highest BCUT2D eigenvalue weighted by Gasteiger charge is 2.12. The van der Waals surface area contributed by atoms with Gasteiger partial charge in [-0.25, -0.2) is 0 Å². The van der Waals surface area contributed by atoms with E-state index in [1.807, 2.05) is 42.8 Å². The van der Waals surface area contributed by atoms with Gasteiger partial charge in [0.05, 0.1) is 0 Å². The van der Waals surface area contributed by atoms with Crippen molar-refractivity contribution in [1.29, 1.82) is 0 Å². The van der Waals surface area contributed by atoms with Crippen molar-refractivity contribution in [2.75, 3.05) is 25.0 Å². The third-order valence-corrected chi connectivity index (χ3v) is 5.11. The second-order valence-corrected chi connectivity index (χ2v) is 7.20. The van der Waals surface area contributed by atoms with Gasteiger partial charge in [-0.3, -0.25) is 14.4 Å². The van der Waals surface area contributed by atoms with Crippen molar-refractivity contribution in [3.63, 3.8) is 0 Å². The lowest BCUT2D eigenvalue weighted by Crippen LogP contribution is -2.33. The molecule has 0 aliphatic rings. The highest BCUT2D eigenvalue weighted by molar-refractivity contribution is 5.95. The number of nitrogens with zero attached hydrogens (tertiary/aromatic N) is 2. The van der Waals surface area contributed by atoms with Gasteiger partial charge in [0.15, 0.2) is 12.4 Å². The summed E-state index contributed by atoms with van der Waals surface area (Å²) in [5.41, 5.74) is 2.18. The largest absolute Gasteiger partial charge is 0.484 e. The van der Waals surface area contributed by atoms with E-state index in [4.69, 9.17) is 4.74 Å². The molecule has 0 fully saturated rings. The molecule has 7 nitrogen and oxygen atoms in total. The Morgan fingerprint density at radius 3 is 2.35 bits per heavy atom. The normalized spacial score (nSPS) is 10.7. The molecule has 0 spiro atoms. The van der Waals surface area contributed by atoms with Crippen molar-refractivity contribution in [2.45, 2.75) is 27.3 Å². The number of ketones is 1. The van der Waals surface area contributed by atoms with Crippen molar-refractivity contribution in [2.24, 2.45) is 0 Å². The van der Waals surface area contributed by atoms with Crippen LogP contribution in [0.2, 0.25) is 0 Å². The summed E-state index contributed by atoms with van der Waals surface area (Å²) in [5.74, 6) is 0.288. The summed E-state index contributed by atoms with van der Waals surface area (Å²) >= 11 is 0. The van der Waals surface area contributed by atoms with E-state index in [1.54, 1.807) is 35.2 Å². The lowest BCUT2D eigenvalue weighted by molar-refractivity contribution is -0.131. The molecule has 0 unspecified atom stereocenters. The number of fused-ring (bicyclic) bond motifs is 1. The van der Waals surface area contributed by atoms with E-state index in [0.717, 1.165) is 10.9 Å². The maximum absolute atomic E-state index is 12.4. The van der Waals surface area contributed by atoms with Gasteiger partial charge in [0.2, 0.25) is 5.91 Å². The standard InChI is InChI=1S/C24H27N3O4/c1-4-26(5-2)24(30)15-27-13-12-19-14-20(8-11-22(19)27)25-23(29)16-31-21-9-6-18(7-10-21)17(3)28/h6-14H,4-5,15-16H2,1-3H3,(H,25,29). The first-order chi connectivity index (χ1) is 14.9. The molecule has 7 heteroatoms. The third-order valence-electron chi connectivity index (χ3n) is 5.11. The Bertz CT molecular complexity index is 1080. The van der Waals surface area contributed by atoms with Crippen LogP contribution in [0.3, 0.4) is 0 Å². The number of likely N-dealkylation sites (N-methyl/N-ethyl adjacent to an activating group) is 1. The van der Waals surface area contributed by atoms with Gasteiger partial charge in [0.1, 0.15) is 12.3 Å². The third kappa shape index (κ3) is 5.51. The molecule has 3 rings (SSSR count). The molecular formula is C24H27N3O4. The number of amides is 2. The number of Topliss-reactive ketones (excluding diaryl/α,β-unsaturated/α-hetero) is 1. The van der Waals surface area contributed by atoms with Gasteiger partial charge >= 0.3 is 0 Å². The molecule has 0 aliphatic heterocycles. The summed E-state index contributed by atoms with van der Waals surface area (Å²) in [5, 5.41) is 3.75. The fourth-order valence-corrected chi connectivity index (χ4v) is 3.37. The van der Waals surface area contributed by atoms with Crippen LogP contribution >= 0.6 is 0 Å². The Labute approximate surface area is 181 Å². The summed E-state index contributed by atoms with van der Waals surface area (Å²) in [7, 11) is 0. The molecule has 2 amide bonds. The van der Waals surface area contributed by atoms with Crippen LogP contribution in [0.4, 0.5) is 5.69 Å². The van der Waals surface area contributed by atoms with Gasteiger partial charge in [-0.05, 0) is 69.3 Å². The lowest BCUT2D eigenvalue weighted by atomic mass is 10.1.